The smallest absolute Gasteiger partial charge is 0.407 e. The molecule has 5 aromatic rings. The van der Waals surface area contributed by atoms with E-state index in [1.807, 2.05) is 97.0 Å². The van der Waals surface area contributed by atoms with E-state index in [0.29, 0.717) is 11.8 Å². The summed E-state index contributed by atoms with van der Waals surface area (Å²) in [5, 5.41) is 10.3. The Morgan fingerprint density at radius 3 is 1.66 bits per heavy atom. The number of carbonyl (C=O) groups excluding carboxylic acids is 4. The second-order valence-corrected chi connectivity index (χ2v) is 17.1. The van der Waals surface area contributed by atoms with Crippen molar-refractivity contribution in [3.05, 3.63) is 72.7 Å². The molecule has 2 saturated heterocycles. The summed E-state index contributed by atoms with van der Waals surface area (Å²) in [7, 11) is 2.60. The summed E-state index contributed by atoms with van der Waals surface area (Å²) in [6.07, 6.45) is 7.91. The third-order valence-corrected chi connectivity index (χ3v) is 12.6. The Morgan fingerprint density at radius 1 is 0.678 bits per heavy atom. The first-order valence-electron chi connectivity index (χ1n) is 20.5. The lowest BCUT2D eigenvalue weighted by molar-refractivity contribution is -0.137. The summed E-state index contributed by atoms with van der Waals surface area (Å²) in [6.45, 7) is 7.66. The monoisotopic (exact) mass is 802 g/mol. The van der Waals surface area contributed by atoms with Gasteiger partial charge in [-0.25, -0.2) is 24.1 Å². The Morgan fingerprint density at radius 2 is 1.17 bits per heavy atom. The number of hydrogen-bond donors (Lipinski definition) is 4. The SMILES string of the molecule is COC(=O)NC(C(=O)N1C(c2ncc(-c3ccc(-c4cc5cc(-c6cnc(C7CC8CC8N7C(=O)C(NC(=O)OC)C(C)C)[nH]6)ccn5n4)cc3)[nH]2)CC2CC21)C(C)C. The lowest BCUT2D eigenvalue weighted by Crippen LogP contribution is -2.52. The van der Waals surface area contributed by atoms with Gasteiger partial charge in [-0.3, -0.25) is 9.59 Å². The van der Waals surface area contributed by atoms with Crippen LogP contribution in [0.2, 0.25) is 0 Å². The first kappa shape index (κ1) is 38.3. The standard InChI is InChI=1S/C43H50N10O6/c1-21(2)36(48-42(56)58-5)40(54)52-32-14-26(32)16-34(52)38-44-19-30(46-38)24-9-7-23(8-10-24)29-18-28-13-25(11-12-51(28)50-29)31-20-45-39(47-31)35-17-27-15-33(27)53(35)41(55)37(22(3)4)49-43(57)59-6/h7-13,18-22,26-27,32-37H,14-17H2,1-6H3,(H,44,46)(H,45,47)(H,48,56)(H,49,57). The number of amides is 4. The Balaban J connectivity index is 0.889. The summed E-state index contributed by atoms with van der Waals surface area (Å²) in [5.41, 5.74) is 6.30. The molecule has 308 valence electrons. The van der Waals surface area contributed by atoms with Crippen LogP contribution in [0.25, 0.3) is 39.3 Å². The lowest BCUT2D eigenvalue weighted by atomic mass is 10.0. The van der Waals surface area contributed by atoms with Gasteiger partial charge in [0.25, 0.3) is 0 Å². The van der Waals surface area contributed by atoms with E-state index < -0.39 is 24.3 Å². The minimum absolute atomic E-state index is 0.104. The molecule has 59 heavy (non-hydrogen) atoms. The maximum Gasteiger partial charge on any atom is 0.407 e. The van der Waals surface area contributed by atoms with Gasteiger partial charge in [0.05, 0.1) is 61.3 Å². The van der Waals surface area contributed by atoms with E-state index in [1.54, 1.807) is 0 Å². The molecular formula is C43H50N10O6. The number of fused-ring (bicyclic) bond motifs is 3. The minimum atomic E-state index is -0.688. The minimum Gasteiger partial charge on any atom is -0.453 e. The van der Waals surface area contributed by atoms with Crippen LogP contribution in [0.5, 0.6) is 0 Å². The summed E-state index contributed by atoms with van der Waals surface area (Å²) in [4.78, 5) is 72.1. The van der Waals surface area contributed by atoms with Crippen molar-refractivity contribution in [2.45, 2.75) is 89.6 Å². The first-order valence-corrected chi connectivity index (χ1v) is 20.5. The molecule has 2 aliphatic heterocycles. The molecule has 1 aromatic carbocycles. The molecule has 6 heterocycles. The van der Waals surface area contributed by atoms with Crippen LogP contribution >= 0.6 is 0 Å². The van der Waals surface area contributed by atoms with Crippen LogP contribution in [-0.2, 0) is 19.1 Å². The lowest BCUT2D eigenvalue weighted by Gasteiger charge is -2.31. The second-order valence-electron chi connectivity index (χ2n) is 17.1. The summed E-state index contributed by atoms with van der Waals surface area (Å²) in [6, 6.07) is 12.8. The van der Waals surface area contributed by atoms with Crippen molar-refractivity contribution in [2.75, 3.05) is 14.2 Å². The highest BCUT2D eigenvalue weighted by Gasteiger charge is 2.57. The molecule has 4 fully saturated rings. The second kappa shape index (κ2) is 14.9. The Hall–Kier alpha value is -6.19. The third-order valence-electron chi connectivity index (χ3n) is 12.6. The van der Waals surface area contributed by atoms with E-state index in [2.05, 4.69) is 26.7 Å². The average molecular weight is 803 g/mol. The number of aromatic nitrogens is 6. The number of rotatable bonds is 11. The number of carbonyl (C=O) groups is 4. The Labute approximate surface area is 341 Å². The molecule has 2 saturated carbocycles. The Kier molecular flexibility index (Phi) is 9.67. The molecule has 16 heteroatoms. The van der Waals surface area contributed by atoms with E-state index in [0.717, 1.165) is 76.6 Å². The zero-order valence-corrected chi connectivity index (χ0v) is 34.0. The number of aromatic amines is 2. The molecule has 4 aliphatic rings. The van der Waals surface area contributed by atoms with Gasteiger partial charge in [0.2, 0.25) is 11.8 Å². The molecule has 0 spiro atoms. The van der Waals surface area contributed by atoms with Crippen molar-refractivity contribution in [1.29, 1.82) is 0 Å². The van der Waals surface area contributed by atoms with Gasteiger partial charge >= 0.3 is 12.2 Å². The number of piperidine rings is 2. The van der Waals surface area contributed by atoms with Crippen molar-refractivity contribution in [3.8, 4) is 33.8 Å². The van der Waals surface area contributed by atoms with E-state index in [4.69, 9.17) is 24.5 Å². The zero-order chi connectivity index (χ0) is 41.3. The fourth-order valence-electron chi connectivity index (χ4n) is 9.18. The van der Waals surface area contributed by atoms with Gasteiger partial charge in [-0.1, -0.05) is 52.0 Å². The van der Waals surface area contributed by atoms with Crippen molar-refractivity contribution in [3.63, 3.8) is 0 Å². The molecule has 4 amide bonds. The van der Waals surface area contributed by atoms with Crippen LogP contribution in [0, 0.1) is 23.7 Å². The van der Waals surface area contributed by atoms with Gasteiger partial charge < -0.3 is 39.9 Å². The summed E-state index contributed by atoms with van der Waals surface area (Å²) in [5.74, 6) is 1.92. The number of alkyl carbamates (subject to hydrolysis) is 2. The van der Waals surface area contributed by atoms with Crippen LogP contribution in [0.3, 0.4) is 0 Å². The number of benzene rings is 1. The van der Waals surface area contributed by atoms with Gasteiger partial charge in [0.15, 0.2) is 0 Å². The van der Waals surface area contributed by atoms with Crippen LogP contribution in [0.4, 0.5) is 9.59 Å². The van der Waals surface area contributed by atoms with Crippen molar-refractivity contribution >= 4 is 29.5 Å². The highest BCUT2D eigenvalue weighted by molar-refractivity contribution is 5.88. The largest absolute Gasteiger partial charge is 0.453 e. The molecule has 8 unspecified atom stereocenters. The maximum atomic E-state index is 13.8. The van der Waals surface area contributed by atoms with Crippen molar-refractivity contribution in [2.24, 2.45) is 23.7 Å². The van der Waals surface area contributed by atoms with Gasteiger partial charge in [-0.2, -0.15) is 5.10 Å². The topological polar surface area (TPSA) is 192 Å². The van der Waals surface area contributed by atoms with Crippen LogP contribution in [0.1, 0.15) is 77.1 Å². The van der Waals surface area contributed by atoms with Gasteiger partial charge in [-0.15, -0.1) is 0 Å². The fourth-order valence-corrected chi connectivity index (χ4v) is 9.18. The molecule has 2 aliphatic carbocycles. The van der Waals surface area contributed by atoms with E-state index in [9.17, 15) is 19.2 Å². The quantitative estimate of drug-likeness (QED) is 0.127. The summed E-state index contributed by atoms with van der Waals surface area (Å²) >= 11 is 0. The fraction of sp³-hybridized carbons (Fsp3) is 0.465. The van der Waals surface area contributed by atoms with Crippen LogP contribution in [-0.4, -0.2) is 102 Å². The highest BCUT2D eigenvalue weighted by atomic mass is 16.5. The number of nitrogens with zero attached hydrogens (tertiary/aromatic N) is 6. The maximum absolute atomic E-state index is 13.8. The number of likely N-dealkylation sites (tertiary alicyclic amines) is 2. The number of nitrogens with one attached hydrogen (secondary N) is 4. The normalized spacial score (nSPS) is 23.9. The molecule has 16 nitrogen and oxygen atoms in total. The number of pyridine rings is 1. The molecule has 4 N–H and O–H groups in total. The zero-order valence-electron chi connectivity index (χ0n) is 34.0. The molecule has 9 rings (SSSR count). The number of imidazole rings is 2. The number of methoxy groups -OCH3 is 2. The van der Waals surface area contributed by atoms with Gasteiger partial charge in [-0.05, 0) is 73.1 Å². The predicted octanol–water partition coefficient (Wildman–Crippen LogP) is 5.87. The van der Waals surface area contributed by atoms with Crippen molar-refractivity contribution < 1.29 is 28.7 Å². The Bertz CT molecular complexity index is 2420. The van der Waals surface area contributed by atoms with E-state index in [-0.39, 0.29) is 47.8 Å². The number of hydrogen-bond acceptors (Lipinski definition) is 9. The molecule has 0 radical (unpaired) electrons. The average Bonchev–Trinajstić information content (AvgIpc) is 3.72. The molecule has 0 bridgehead atoms. The van der Waals surface area contributed by atoms with Crippen molar-refractivity contribution in [1.82, 2.24) is 50.0 Å². The van der Waals surface area contributed by atoms with Crippen LogP contribution in [0.15, 0.2) is 61.1 Å². The molecule has 4 aromatic heterocycles. The van der Waals surface area contributed by atoms with Gasteiger partial charge in [0, 0.05) is 29.4 Å². The molecular weight excluding hydrogens is 753 g/mol. The van der Waals surface area contributed by atoms with Gasteiger partial charge in [0.1, 0.15) is 23.7 Å². The highest BCUT2D eigenvalue weighted by Crippen LogP contribution is 2.54. The van der Waals surface area contributed by atoms with Crippen LogP contribution < -0.4 is 10.6 Å². The number of H-pyrrole nitrogens is 2. The summed E-state index contributed by atoms with van der Waals surface area (Å²) < 4.78 is 11.4. The third kappa shape index (κ3) is 7.07. The predicted molar refractivity (Wildman–Crippen MR) is 216 cm³/mol. The number of ether oxygens (including phenoxy) is 2. The first-order chi connectivity index (χ1) is 28.4. The molecule has 8 atom stereocenters. The van der Waals surface area contributed by atoms with E-state index in [1.165, 1.54) is 14.2 Å². The van der Waals surface area contributed by atoms with E-state index >= 15 is 0 Å².